The number of aliphatic hydroxyl groups is 2. The largest absolute Gasteiger partial charge is 0.466 e. The van der Waals surface area contributed by atoms with E-state index in [2.05, 4.69) is 4.74 Å². The number of hydrogen-bond acceptors (Lipinski definition) is 4. The summed E-state index contributed by atoms with van der Waals surface area (Å²) in [6.07, 6.45) is 4.78. The SMILES string of the molecule is COC(=O)/C=C/C=C/[C@@H](O)CC(C)O. The van der Waals surface area contributed by atoms with Gasteiger partial charge in [0.1, 0.15) is 0 Å². The van der Waals surface area contributed by atoms with Gasteiger partial charge < -0.3 is 14.9 Å². The molecule has 2 atom stereocenters. The maximum Gasteiger partial charge on any atom is 0.330 e. The van der Waals surface area contributed by atoms with Gasteiger partial charge in [-0.05, 0) is 6.92 Å². The Morgan fingerprint density at radius 1 is 1.43 bits per heavy atom. The number of methoxy groups -OCH3 is 1. The van der Waals surface area contributed by atoms with Gasteiger partial charge in [0.2, 0.25) is 0 Å². The number of carbonyl (C=O) groups excluding carboxylic acids is 1. The summed E-state index contributed by atoms with van der Waals surface area (Å²) in [4.78, 5) is 10.6. The van der Waals surface area contributed by atoms with Gasteiger partial charge in [0, 0.05) is 12.5 Å². The summed E-state index contributed by atoms with van der Waals surface area (Å²) in [5.41, 5.74) is 0. The first-order valence-corrected chi connectivity index (χ1v) is 4.35. The Bertz CT molecular complexity index is 218. The van der Waals surface area contributed by atoms with Crippen molar-refractivity contribution in [3.8, 4) is 0 Å². The number of esters is 1. The Labute approximate surface area is 83.5 Å². The molecule has 80 valence electrons. The molecule has 2 N–H and O–H groups in total. The van der Waals surface area contributed by atoms with Gasteiger partial charge in [0.15, 0.2) is 0 Å². The fourth-order valence-electron chi connectivity index (χ4n) is 0.823. The van der Waals surface area contributed by atoms with Crippen LogP contribution in [-0.4, -0.2) is 35.5 Å². The Kier molecular flexibility index (Phi) is 6.70. The number of ether oxygens (including phenoxy) is 1. The van der Waals surface area contributed by atoms with E-state index in [0.29, 0.717) is 0 Å². The molecule has 0 spiro atoms. The summed E-state index contributed by atoms with van der Waals surface area (Å²) >= 11 is 0. The van der Waals surface area contributed by atoms with Gasteiger partial charge in [-0.3, -0.25) is 0 Å². The van der Waals surface area contributed by atoms with Crippen LogP contribution in [0.25, 0.3) is 0 Å². The van der Waals surface area contributed by atoms with Crippen LogP contribution in [0.2, 0.25) is 0 Å². The molecule has 0 aromatic rings. The van der Waals surface area contributed by atoms with Crippen molar-refractivity contribution < 1.29 is 19.7 Å². The summed E-state index contributed by atoms with van der Waals surface area (Å²) in [6.45, 7) is 1.60. The monoisotopic (exact) mass is 200 g/mol. The number of rotatable bonds is 5. The Morgan fingerprint density at radius 2 is 2.07 bits per heavy atom. The van der Waals surface area contributed by atoms with Crippen LogP contribution in [0.5, 0.6) is 0 Å². The van der Waals surface area contributed by atoms with Gasteiger partial charge in [0.25, 0.3) is 0 Å². The van der Waals surface area contributed by atoms with Gasteiger partial charge in [-0.25, -0.2) is 4.79 Å². The van der Waals surface area contributed by atoms with Crippen LogP contribution in [0.3, 0.4) is 0 Å². The highest BCUT2D eigenvalue weighted by Gasteiger charge is 2.02. The molecule has 1 unspecified atom stereocenters. The number of hydrogen-bond donors (Lipinski definition) is 2. The molecule has 0 saturated carbocycles. The fraction of sp³-hybridized carbons (Fsp3) is 0.500. The topological polar surface area (TPSA) is 66.8 Å². The van der Waals surface area contributed by atoms with E-state index in [4.69, 9.17) is 5.11 Å². The van der Waals surface area contributed by atoms with Crippen molar-refractivity contribution in [2.24, 2.45) is 0 Å². The smallest absolute Gasteiger partial charge is 0.330 e. The Morgan fingerprint density at radius 3 is 2.57 bits per heavy atom. The summed E-state index contributed by atoms with van der Waals surface area (Å²) < 4.78 is 4.36. The zero-order valence-electron chi connectivity index (χ0n) is 8.38. The van der Waals surface area contributed by atoms with Crippen molar-refractivity contribution in [2.45, 2.75) is 25.6 Å². The highest BCUT2D eigenvalue weighted by Crippen LogP contribution is 1.98. The Hall–Kier alpha value is -1.13. The van der Waals surface area contributed by atoms with Gasteiger partial charge >= 0.3 is 5.97 Å². The first-order valence-electron chi connectivity index (χ1n) is 4.35. The minimum atomic E-state index is -0.697. The van der Waals surface area contributed by atoms with E-state index in [0.717, 1.165) is 0 Å². The normalized spacial score (nSPS) is 16.0. The molecular formula is C10H16O4. The van der Waals surface area contributed by atoms with Crippen LogP contribution < -0.4 is 0 Å². The molecular weight excluding hydrogens is 184 g/mol. The second-order valence-electron chi connectivity index (χ2n) is 2.92. The van der Waals surface area contributed by atoms with Gasteiger partial charge in [0.05, 0.1) is 19.3 Å². The minimum absolute atomic E-state index is 0.280. The van der Waals surface area contributed by atoms with E-state index in [1.165, 1.54) is 31.4 Å². The molecule has 0 aliphatic heterocycles. The van der Waals surface area contributed by atoms with Crippen molar-refractivity contribution >= 4 is 5.97 Å². The van der Waals surface area contributed by atoms with E-state index in [1.807, 2.05) is 0 Å². The van der Waals surface area contributed by atoms with E-state index in [-0.39, 0.29) is 6.42 Å². The standard InChI is InChI=1S/C10H16O4/c1-8(11)7-9(12)5-3-4-6-10(13)14-2/h3-6,8-9,11-12H,7H2,1-2H3/b5-3+,6-4+/t8?,9-/m1/s1. The second kappa shape index (κ2) is 7.29. The molecule has 0 radical (unpaired) electrons. The van der Waals surface area contributed by atoms with Crippen LogP contribution in [0.15, 0.2) is 24.3 Å². The molecule has 0 heterocycles. The lowest BCUT2D eigenvalue weighted by molar-refractivity contribution is -0.134. The second-order valence-corrected chi connectivity index (χ2v) is 2.92. The first-order chi connectivity index (χ1) is 6.56. The van der Waals surface area contributed by atoms with Crippen molar-refractivity contribution in [1.82, 2.24) is 0 Å². The Balaban J connectivity index is 3.82. The lowest BCUT2D eigenvalue weighted by Crippen LogP contribution is -2.11. The third-order valence-corrected chi connectivity index (χ3v) is 1.46. The molecule has 4 nitrogen and oxygen atoms in total. The van der Waals surface area contributed by atoms with Gasteiger partial charge in [-0.1, -0.05) is 18.2 Å². The molecule has 0 bridgehead atoms. The number of allylic oxidation sites excluding steroid dienone is 2. The lowest BCUT2D eigenvalue weighted by atomic mass is 10.1. The molecule has 0 aliphatic carbocycles. The molecule has 14 heavy (non-hydrogen) atoms. The summed E-state index contributed by atoms with van der Waals surface area (Å²) in [5.74, 6) is -0.445. The van der Waals surface area contributed by atoms with E-state index < -0.39 is 18.2 Å². The van der Waals surface area contributed by atoms with Crippen molar-refractivity contribution in [3.63, 3.8) is 0 Å². The van der Waals surface area contributed by atoms with Crippen molar-refractivity contribution in [1.29, 1.82) is 0 Å². The predicted octanol–water partition coefficient (Wildman–Crippen LogP) is 0.404. The van der Waals surface area contributed by atoms with Crippen LogP contribution in [0.1, 0.15) is 13.3 Å². The molecule has 0 saturated heterocycles. The molecule has 0 aromatic heterocycles. The number of aliphatic hydroxyl groups excluding tert-OH is 2. The molecule has 0 aliphatic rings. The molecule has 0 aromatic carbocycles. The maximum atomic E-state index is 10.6. The number of carbonyl (C=O) groups is 1. The van der Waals surface area contributed by atoms with E-state index >= 15 is 0 Å². The predicted molar refractivity (Wildman–Crippen MR) is 52.6 cm³/mol. The highest BCUT2D eigenvalue weighted by molar-refractivity contribution is 5.82. The third kappa shape index (κ3) is 7.52. The van der Waals surface area contributed by atoms with Crippen LogP contribution in [0, 0.1) is 0 Å². The van der Waals surface area contributed by atoms with Gasteiger partial charge in [-0.15, -0.1) is 0 Å². The van der Waals surface area contributed by atoms with Crippen LogP contribution in [0.4, 0.5) is 0 Å². The molecule has 4 heteroatoms. The van der Waals surface area contributed by atoms with Crippen molar-refractivity contribution in [3.05, 3.63) is 24.3 Å². The first kappa shape index (κ1) is 12.9. The molecule has 0 rings (SSSR count). The van der Waals surface area contributed by atoms with Crippen LogP contribution >= 0.6 is 0 Å². The highest BCUT2D eigenvalue weighted by atomic mass is 16.5. The van der Waals surface area contributed by atoms with E-state index in [1.54, 1.807) is 6.92 Å². The minimum Gasteiger partial charge on any atom is -0.466 e. The zero-order chi connectivity index (χ0) is 11.0. The molecule has 0 amide bonds. The summed E-state index contributed by atoms with van der Waals surface area (Å²) in [5, 5.41) is 18.2. The lowest BCUT2D eigenvalue weighted by Gasteiger charge is -2.06. The van der Waals surface area contributed by atoms with E-state index in [9.17, 15) is 9.90 Å². The average Bonchev–Trinajstić information content (AvgIpc) is 2.10. The average molecular weight is 200 g/mol. The fourth-order valence-corrected chi connectivity index (χ4v) is 0.823. The van der Waals surface area contributed by atoms with Crippen LogP contribution in [-0.2, 0) is 9.53 Å². The quantitative estimate of drug-likeness (QED) is 0.383. The summed E-state index contributed by atoms with van der Waals surface area (Å²) in [6, 6.07) is 0. The van der Waals surface area contributed by atoms with Crippen molar-refractivity contribution in [2.75, 3.05) is 7.11 Å². The van der Waals surface area contributed by atoms with Gasteiger partial charge in [-0.2, -0.15) is 0 Å². The maximum absolute atomic E-state index is 10.6. The third-order valence-electron chi connectivity index (χ3n) is 1.46. The zero-order valence-corrected chi connectivity index (χ0v) is 8.38. The molecule has 0 fully saturated rings. The summed E-state index contributed by atoms with van der Waals surface area (Å²) in [7, 11) is 1.29.